The van der Waals surface area contributed by atoms with E-state index in [9.17, 15) is 33.0 Å². The molecular formula is C24H22ClN3O7S. The molecule has 0 fully saturated rings. The first kappa shape index (κ1) is 26.7. The Kier molecular flexibility index (Phi) is 8.64. The molecule has 0 saturated heterocycles. The first-order chi connectivity index (χ1) is 17.1. The zero-order chi connectivity index (χ0) is 26.3. The number of carboxylic acids is 1. The summed E-state index contributed by atoms with van der Waals surface area (Å²) >= 11 is 6.17. The molecule has 36 heavy (non-hydrogen) atoms. The number of hydrogen-bond donors (Lipinski definition) is 5. The summed E-state index contributed by atoms with van der Waals surface area (Å²) in [6, 6.07) is 16.0. The number of carboxylic acid groups (broad SMARTS) is 1. The van der Waals surface area contributed by atoms with Crippen LogP contribution in [0.25, 0.3) is 0 Å². The number of rotatable bonds is 10. The van der Waals surface area contributed by atoms with Crippen molar-refractivity contribution in [1.82, 2.24) is 15.4 Å². The minimum Gasteiger partial charge on any atom is -0.508 e. The number of hydrogen-bond acceptors (Lipinski definition) is 6. The highest BCUT2D eigenvalue weighted by Gasteiger charge is 2.25. The van der Waals surface area contributed by atoms with Crippen LogP contribution in [0.3, 0.4) is 0 Å². The minimum absolute atomic E-state index is 0.0542. The fourth-order valence-electron chi connectivity index (χ4n) is 3.10. The second-order valence-electron chi connectivity index (χ2n) is 7.58. The van der Waals surface area contributed by atoms with Gasteiger partial charge in [-0.05, 0) is 48.0 Å². The second-order valence-corrected chi connectivity index (χ2v) is 9.75. The molecule has 3 rings (SSSR count). The van der Waals surface area contributed by atoms with Crippen molar-refractivity contribution in [3.05, 3.63) is 94.5 Å². The predicted molar refractivity (Wildman–Crippen MR) is 131 cm³/mol. The number of aliphatic carboxylic acids is 1. The van der Waals surface area contributed by atoms with Gasteiger partial charge in [0.05, 0.1) is 15.5 Å². The maximum Gasteiger partial charge on any atom is 0.327 e. The van der Waals surface area contributed by atoms with Gasteiger partial charge < -0.3 is 20.8 Å². The topological polar surface area (TPSA) is 162 Å². The molecule has 2 amide bonds. The molecule has 5 N–H and O–H groups in total. The summed E-state index contributed by atoms with van der Waals surface area (Å²) in [5, 5.41) is 23.7. The van der Waals surface area contributed by atoms with Crippen LogP contribution >= 0.6 is 11.6 Å². The lowest BCUT2D eigenvalue weighted by Gasteiger charge is -2.16. The van der Waals surface area contributed by atoms with Gasteiger partial charge in [-0.3, -0.25) is 9.59 Å². The minimum atomic E-state index is -3.99. The van der Waals surface area contributed by atoms with Crippen molar-refractivity contribution in [2.24, 2.45) is 0 Å². The summed E-state index contributed by atoms with van der Waals surface area (Å²) < 4.78 is 26.8. The van der Waals surface area contributed by atoms with E-state index in [2.05, 4.69) is 15.4 Å². The standard InChI is InChI=1S/C24H22ClN3O7S/c25-20-12-16(22(30)26-13-15-5-4-6-17(29)11-15)9-10-19(20)23(31)28-21(24(32)33)14-27-36(34,35)18-7-2-1-3-8-18/h1-12,21,27,29H,13-14H2,(H,26,30)(H,28,31)(H,32,33)/t21-/m0/s1. The molecule has 0 saturated carbocycles. The molecule has 12 heteroatoms. The molecule has 3 aromatic carbocycles. The van der Waals surface area contributed by atoms with E-state index >= 15 is 0 Å². The van der Waals surface area contributed by atoms with Crippen LogP contribution in [-0.2, 0) is 21.4 Å². The first-order valence-electron chi connectivity index (χ1n) is 10.5. The largest absolute Gasteiger partial charge is 0.508 e. The van der Waals surface area contributed by atoms with Gasteiger partial charge in [-0.15, -0.1) is 0 Å². The smallest absolute Gasteiger partial charge is 0.327 e. The van der Waals surface area contributed by atoms with E-state index < -0.39 is 40.4 Å². The molecule has 0 heterocycles. The Morgan fingerprint density at radius 1 is 0.917 bits per heavy atom. The van der Waals surface area contributed by atoms with Crippen LogP contribution in [0.4, 0.5) is 0 Å². The van der Waals surface area contributed by atoms with Crippen LogP contribution < -0.4 is 15.4 Å². The molecule has 188 valence electrons. The van der Waals surface area contributed by atoms with E-state index in [4.69, 9.17) is 11.6 Å². The van der Waals surface area contributed by atoms with Crippen molar-refractivity contribution in [2.75, 3.05) is 6.54 Å². The summed E-state index contributed by atoms with van der Waals surface area (Å²) in [5.74, 6) is -2.74. The van der Waals surface area contributed by atoms with Gasteiger partial charge in [-0.1, -0.05) is 41.9 Å². The molecule has 3 aromatic rings. The van der Waals surface area contributed by atoms with Crippen LogP contribution in [0, 0.1) is 0 Å². The SMILES string of the molecule is O=C(NCc1cccc(O)c1)c1ccc(C(=O)N[C@@H](CNS(=O)(=O)c2ccccc2)C(=O)O)c(Cl)c1. The van der Waals surface area contributed by atoms with Crippen molar-refractivity contribution in [2.45, 2.75) is 17.5 Å². The number of nitrogens with one attached hydrogen (secondary N) is 3. The summed E-state index contributed by atoms with van der Waals surface area (Å²) in [4.78, 5) is 36.6. The average Bonchev–Trinajstić information content (AvgIpc) is 2.85. The highest BCUT2D eigenvalue weighted by molar-refractivity contribution is 7.89. The first-order valence-corrected chi connectivity index (χ1v) is 12.4. The Bertz CT molecular complexity index is 1380. The number of halogens is 1. The summed E-state index contributed by atoms with van der Waals surface area (Å²) in [6.45, 7) is -0.461. The molecule has 0 spiro atoms. The zero-order valence-electron chi connectivity index (χ0n) is 18.6. The Labute approximate surface area is 212 Å². The number of benzene rings is 3. The third-order valence-corrected chi connectivity index (χ3v) is 6.73. The van der Waals surface area contributed by atoms with Crippen molar-refractivity contribution >= 4 is 39.4 Å². The molecule has 1 atom stereocenters. The van der Waals surface area contributed by atoms with E-state index in [0.717, 1.165) is 0 Å². The van der Waals surface area contributed by atoms with Crippen molar-refractivity contribution in [3.8, 4) is 5.75 Å². The molecular weight excluding hydrogens is 510 g/mol. The normalized spacial score (nSPS) is 11.9. The number of carbonyl (C=O) groups is 3. The van der Waals surface area contributed by atoms with E-state index in [1.807, 2.05) is 0 Å². The molecule has 0 unspecified atom stereocenters. The predicted octanol–water partition coefficient (Wildman–Crippen LogP) is 2.14. The second kappa shape index (κ2) is 11.7. The summed E-state index contributed by atoms with van der Waals surface area (Å²) in [7, 11) is -3.99. The van der Waals surface area contributed by atoms with E-state index in [1.165, 1.54) is 54.6 Å². The number of phenolic OH excluding ortho intramolecular Hbond substituents is 1. The molecule has 0 aromatic heterocycles. The maximum atomic E-state index is 12.6. The van der Waals surface area contributed by atoms with E-state index in [1.54, 1.807) is 18.2 Å². The number of phenols is 1. The van der Waals surface area contributed by atoms with Crippen LogP contribution in [0.1, 0.15) is 26.3 Å². The lowest BCUT2D eigenvalue weighted by atomic mass is 10.1. The third kappa shape index (κ3) is 7.04. The molecule has 0 aliphatic carbocycles. The van der Waals surface area contributed by atoms with Gasteiger partial charge in [0.2, 0.25) is 10.0 Å². The van der Waals surface area contributed by atoms with Crippen LogP contribution in [0.5, 0.6) is 5.75 Å². The number of amides is 2. The van der Waals surface area contributed by atoms with Crippen molar-refractivity contribution < 1.29 is 33.0 Å². The van der Waals surface area contributed by atoms with Gasteiger partial charge in [0.15, 0.2) is 0 Å². The van der Waals surface area contributed by atoms with Crippen LogP contribution in [-0.4, -0.2) is 49.0 Å². The van der Waals surface area contributed by atoms with E-state index in [0.29, 0.717) is 5.56 Å². The number of carbonyl (C=O) groups excluding carboxylic acids is 2. The number of aromatic hydroxyl groups is 1. The van der Waals surface area contributed by atoms with Gasteiger partial charge in [0.25, 0.3) is 11.8 Å². The number of sulfonamides is 1. The third-order valence-electron chi connectivity index (χ3n) is 4.97. The molecule has 0 bridgehead atoms. The van der Waals surface area contributed by atoms with Crippen molar-refractivity contribution in [3.63, 3.8) is 0 Å². The Hall–Kier alpha value is -3.93. The molecule has 10 nitrogen and oxygen atoms in total. The molecule has 0 aliphatic heterocycles. The Balaban J connectivity index is 1.64. The molecule has 0 aliphatic rings. The van der Waals surface area contributed by atoms with E-state index in [-0.39, 0.29) is 33.3 Å². The highest BCUT2D eigenvalue weighted by Crippen LogP contribution is 2.19. The van der Waals surface area contributed by atoms with Gasteiger partial charge in [0.1, 0.15) is 11.8 Å². The zero-order valence-corrected chi connectivity index (χ0v) is 20.2. The van der Waals surface area contributed by atoms with Gasteiger partial charge >= 0.3 is 5.97 Å². The maximum absolute atomic E-state index is 12.6. The van der Waals surface area contributed by atoms with Gasteiger partial charge in [0, 0.05) is 18.7 Å². The molecule has 0 radical (unpaired) electrons. The summed E-state index contributed by atoms with van der Waals surface area (Å²) in [6.07, 6.45) is 0. The quantitative estimate of drug-likeness (QED) is 0.267. The summed E-state index contributed by atoms with van der Waals surface area (Å²) in [5.41, 5.74) is 0.730. The van der Waals surface area contributed by atoms with Gasteiger partial charge in [-0.2, -0.15) is 0 Å². The fraction of sp³-hybridized carbons (Fsp3) is 0.125. The van der Waals surface area contributed by atoms with Crippen LogP contribution in [0.2, 0.25) is 5.02 Å². The highest BCUT2D eigenvalue weighted by atomic mass is 35.5. The van der Waals surface area contributed by atoms with Crippen LogP contribution in [0.15, 0.2) is 77.7 Å². The van der Waals surface area contributed by atoms with Gasteiger partial charge in [-0.25, -0.2) is 17.9 Å². The Morgan fingerprint density at radius 3 is 2.28 bits per heavy atom. The van der Waals surface area contributed by atoms with Crippen molar-refractivity contribution in [1.29, 1.82) is 0 Å². The Morgan fingerprint density at radius 2 is 1.64 bits per heavy atom. The lowest BCUT2D eigenvalue weighted by Crippen LogP contribution is -2.48. The lowest BCUT2D eigenvalue weighted by molar-refractivity contribution is -0.139. The average molecular weight is 532 g/mol. The monoisotopic (exact) mass is 531 g/mol. The fourth-order valence-corrected chi connectivity index (χ4v) is 4.44.